The lowest BCUT2D eigenvalue weighted by Gasteiger charge is -2.25. The molecule has 2 aromatic rings. The molecule has 0 radical (unpaired) electrons. The second-order valence-corrected chi connectivity index (χ2v) is 5.87. The number of fused-ring (bicyclic) bond motifs is 7. The monoisotopic (exact) mass is 248 g/mol. The molecule has 1 fully saturated rings. The minimum atomic E-state index is -0.775. The van der Waals surface area contributed by atoms with Gasteiger partial charge in [-0.05, 0) is 40.0 Å². The van der Waals surface area contributed by atoms with E-state index in [1.807, 2.05) is 36.4 Å². The molecule has 2 nitrogen and oxygen atoms in total. The van der Waals surface area contributed by atoms with Gasteiger partial charge in [-0.3, -0.25) is 4.79 Å². The van der Waals surface area contributed by atoms with Gasteiger partial charge < -0.3 is 5.11 Å². The molecule has 2 heteroatoms. The zero-order valence-corrected chi connectivity index (χ0v) is 10.2. The molecule has 0 aromatic heterocycles. The largest absolute Gasteiger partial charge is 0.480 e. The zero-order chi connectivity index (χ0) is 12.8. The van der Waals surface area contributed by atoms with Crippen LogP contribution in [-0.2, 0) is 10.2 Å². The third kappa shape index (κ3) is 0.803. The van der Waals surface area contributed by atoms with Crippen molar-refractivity contribution in [2.75, 3.05) is 0 Å². The highest BCUT2D eigenvalue weighted by atomic mass is 16.4. The number of aliphatic carboxylic acids is 1. The SMILES string of the molecule is O=C(O)C12c3ccccc3[C@@H]3C1[C@H]3c1ccccc12. The van der Waals surface area contributed by atoms with Crippen LogP contribution in [0.25, 0.3) is 0 Å². The number of carbonyl (C=O) groups is 1. The summed E-state index contributed by atoms with van der Waals surface area (Å²) in [5.41, 5.74) is 3.80. The summed E-state index contributed by atoms with van der Waals surface area (Å²) >= 11 is 0. The summed E-state index contributed by atoms with van der Waals surface area (Å²) in [5, 5.41) is 9.98. The van der Waals surface area contributed by atoms with E-state index in [9.17, 15) is 9.90 Å². The van der Waals surface area contributed by atoms with Crippen molar-refractivity contribution in [3.8, 4) is 0 Å². The molecule has 3 aliphatic carbocycles. The number of rotatable bonds is 1. The maximum absolute atomic E-state index is 12.1. The summed E-state index contributed by atoms with van der Waals surface area (Å²) in [4.78, 5) is 12.1. The van der Waals surface area contributed by atoms with Crippen LogP contribution < -0.4 is 0 Å². The molecule has 0 spiro atoms. The van der Waals surface area contributed by atoms with E-state index in [0.29, 0.717) is 11.8 Å². The molecule has 92 valence electrons. The van der Waals surface area contributed by atoms with Gasteiger partial charge in [-0.15, -0.1) is 0 Å². The van der Waals surface area contributed by atoms with Gasteiger partial charge >= 0.3 is 5.97 Å². The van der Waals surface area contributed by atoms with Crippen LogP contribution in [0.15, 0.2) is 48.5 Å². The molecule has 2 atom stereocenters. The van der Waals surface area contributed by atoms with E-state index in [-0.39, 0.29) is 5.92 Å². The van der Waals surface area contributed by atoms with Crippen molar-refractivity contribution in [3.05, 3.63) is 70.8 Å². The smallest absolute Gasteiger partial charge is 0.319 e. The van der Waals surface area contributed by atoms with E-state index in [0.717, 1.165) is 11.1 Å². The van der Waals surface area contributed by atoms with Gasteiger partial charge in [0, 0.05) is 0 Å². The van der Waals surface area contributed by atoms with Crippen LogP contribution in [0.3, 0.4) is 0 Å². The molecule has 0 heterocycles. The summed E-state index contributed by atoms with van der Waals surface area (Å²) in [6.07, 6.45) is 0. The van der Waals surface area contributed by atoms with Gasteiger partial charge in [-0.1, -0.05) is 48.5 Å². The van der Waals surface area contributed by atoms with Gasteiger partial charge in [-0.25, -0.2) is 0 Å². The molecule has 5 rings (SSSR count). The Morgan fingerprint density at radius 1 is 0.895 bits per heavy atom. The van der Waals surface area contributed by atoms with Crippen LogP contribution in [0.1, 0.15) is 34.1 Å². The number of carboxylic acids is 1. The van der Waals surface area contributed by atoms with Gasteiger partial charge in [0.05, 0.1) is 0 Å². The van der Waals surface area contributed by atoms with Crippen molar-refractivity contribution in [2.24, 2.45) is 5.92 Å². The molecule has 0 amide bonds. The van der Waals surface area contributed by atoms with Crippen LogP contribution >= 0.6 is 0 Å². The van der Waals surface area contributed by atoms with Gasteiger partial charge in [0.25, 0.3) is 0 Å². The Balaban J connectivity index is 1.94. The first kappa shape index (κ1) is 9.79. The van der Waals surface area contributed by atoms with Crippen molar-refractivity contribution in [1.29, 1.82) is 0 Å². The van der Waals surface area contributed by atoms with Gasteiger partial charge in [0.2, 0.25) is 0 Å². The average Bonchev–Trinajstić information content (AvgIpc) is 3.01. The normalized spacial score (nSPS) is 35.5. The summed E-state index contributed by atoms with van der Waals surface area (Å²) < 4.78 is 0. The Kier molecular flexibility index (Phi) is 1.41. The summed E-state index contributed by atoms with van der Waals surface area (Å²) in [5.74, 6) is 0.434. The van der Waals surface area contributed by atoms with E-state index in [1.165, 1.54) is 11.1 Å². The van der Waals surface area contributed by atoms with Crippen molar-refractivity contribution in [3.63, 3.8) is 0 Å². The molecule has 0 unspecified atom stereocenters. The van der Waals surface area contributed by atoms with Crippen LogP contribution in [-0.4, -0.2) is 11.1 Å². The molecule has 1 N–H and O–H groups in total. The summed E-state index contributed by atoms with van der Waals surface area (Å²) in [7, 11) is 0. The Morgan fingerprint density at radius 3 is 1.84 bits per heavy atom. The highest BCUT2D eigenvalue weighted by Crippen LogP contribution is 2.80. The first-order valence-corrected chi connectivity index (χ1v) is 6.70. The Hall–Kier alpha value is -2.09. The summed E-state index contributed by atoms with van der Waals surface area (Å²) in [6, 6.07) is 16.2. The topological polar surface area (TPSA) is 37.3 Å². The van der Waals surface area contributed by atoms with Gasteiger partial charge in [0.1, 0.15) is 5.41 Å². The first-order valence-electron chi connectivity index (χ1n) is 6.70. The van der Waals surface area contributed by atoms with Crippen LogP contribution in [0, 0.1) is 5.92 Å². The molecule has 1 saturated carbocycles. The van der Waals surface area contributed by atoms with Crippen molar-refractivity contribution in [2.45, 2.75) is 17.3 Å². The molecule has 0 bridgehead atoms. The number of hydrogen-bond acceptors (Lipinski definition) is 1. The first-order chi connectivity index (χ1) is 9.28. The van der Waals surface area contributed by atoms with Crippen LogP contribution in [0.2, 0.25) is 0 Å². The highest BCUT2D eigenvalue weighted by molar-refractivity contribution is 5.94. The highest BCUT2D eigenvalue weighted by Gasteiger charge is 2.76. The van der Waals surface area contributed by atoms with Crippen LogP contribution in [0.4, 0.5) is 0 Å². The van der Waals surface area contributed by atoms with Crippen molar-refractivity contribution in [1.82, 2.24) is 0 Å². The van der Waals surface area contributed by atoms with Crippen molar-refractivity contribution >= 4 is 5.97 Å². The molecule has 0 aliphatic heterocycles. The quantitative estimate of drug-likeness (QED) is 0.842. The molecule has 3 aliphatic rings. The Bertz CT molecular complexity index is 693. The predicted molar refractivity (Wildman–Crippen MR) is 70.3 cm³/mol. The lowest BCUT2D eigenvalue weighted by molar-refractivity contribution is -0.142. The number of carboxylic acid groups (broad SMARTS) is 1. The maximum Gasteiger partial charge on any atom is 0.319 e. The van der Waals surface area contributed by atoms with Crippen LogP contribution in [0.5, 0.6) is 0 Å². The van der Waals surface area contributed by atoms with E-state index in [2.05, 4.69) is 12.1 Å². The fourth-order valence-electron chi connectivity index (χ4n) is 4.79. The third-order valence-electron chi connectivity index (χ3n) is 5.35. The Morgan fingerprint density at radius 2 is 1.37 bits per heavy atom. The fourth-order valence-corrected chi connectivity index (χ4v) is 4.79. The zero-order valence-electron chi connectivity index (χ0n) is 10.2. The molecular formula is C17H12O2. The Labute approximate surface area is 110 Å². The minimum Gasteiger partial charge on any atom is -0.480 e. The molecular weight excluding hydrogens is 236 g/mol. The molecule has 0 saturated heterocycles. The second kappa shape index (κ2) is 2.74. The third-order valence-corrected chi connectivity index (χ3v) is 5.35. The fraction of sp³-hybridized carbons (Fsp3) is 0.235. The molecule has 19 heavy (non-hydrogen) atoms. The number of hydrogen-bond donors (Lipinski definition) is 1. The van der Waals surface area contributed by atoms with E-state index < -0.39 is 11.4 Å². The second-order valence-electron chi connectivity index (χ2n) is 5.87. The van der Waals surface area contributed by atoms with E-state index >= 15 is 0 Å². The van der Waals surface area contributed by atoms with Gasteiger partial charge in [0.15, 0.2) is 0 Å². The van der Waals surface area contributed by atoms with Gasteiger partial charge in [-0.2, -0.15) is 0 Å². The number of benzene rings is 2. The lowest BCUT2D eigenvalue weighted by atomic mass is 9.75. The standard InChI is InChI=1S/C17H12O2/c18-16(19)17-11-7-3-1-5-9(11)13-14(15(13)17)10-6-2-4-8-12(10)17/h1-8,13-15H,(H,18,19)/t13-,14-,15?,17?/m0/s1. The van der Waals surface area contributed by atoms with Crippen molar-refractivity contribution < 1.29 is 9.90 Å². The lowest BCUT2D eigenvalue weighted by Crippen LogP contribution is -2.36. The molecule has 2 aromatic carbocycles. The minimum absolute atomic E-state index is 0.250. The van der Waals surface area contributed by atoms with E-state index in [4.69, 9.17) is 0 Å². The average molecular weight is 248 g/mol. The van der Waals surface area contributed by atoms with E-state index in [1.54, 1.807) is 0 Å². The predicted octanol–water partition coefficient (Wildman–Crippen LogP) is 2.88. The summed E-state index contributed by atoms with van der Waals surface area (Å²) in [6.45, 7) is 0. The maximum atomic E-state index is 12.1.